The standard InChI is InChI=1S/C13H23N5O/c1-19-7-2-14-8-11-9-15-13(16-11)12-10-17-3-5-18(12)6-4-17/h9,12,14H,2-8,10H2,1H3,(H,15,16). The second-order valence-electron chi connectivity index (χ2n) is 5.32. The normalized spacial score (nSPS) is 29.8. The molecule has 106 valence electrons. The van der Waals surface area contributed by atoms with Crippen molar-refractivity contribution in [3.8, 4) is 0 Å². The van der Waals surface area contributed by atoms with Gasteiger partial charge in [0.1, 0.15) is 5.82 Å². The Hall–Kier alpha value is -0.950. The van der Waals surface area contributed by atoms with Crippen LogP contribution in [0.15, 0.2) is 6.20 Å². The molecule has 6 nitrogen and oxygen atoms in total. The zero-order valence-electron chi connectivity index (χ0n) is 11.6. The number of imidazole rings is 1. The zero-order chi connectivity index (χ0) is 13.1. The van der Waals surface area contributed by atoms with Gasteiger partial charge in [0, 0.05) is 64.8 Å². The minimum atomic E-state index is 0.454. The molecule has 19 heavy (non-hydrogen) atoms. The number of hydrogen-bond acceptors (Lipinski definition) is 5. The van der Waals surface area contributed by atoms with Crippen LogP contribution in [0.1, 0.15) is 17.6 Å². The molecule has 2 bridgehead atoms. The second kappa shape index (κ2) is 6.00. The maximum atomic E-state index is 5.01. The number of nitrogens with zero attached hydrogens (tertiary/aromatic N) is 3. The lowest BCUT2D eigenvalue weighted by Crippen LogP contribution is -2.57. The molecule has 0 amide bonds. The van der Waals surface area contributed by atoms with Crippen LogP contribution in [-0.4, -0.2) is 72.8 Å². The second-order valence-corrected chi connectivity index (χ2v) is 5.32. The SMILES string of the molecule is COCCNCc1cnc(C2CN3CCN2CC3)[nH]1. The molecule has 1 aromatic rings. The quantitative estimate of drug-likeness (QED) is 0.699. The summed E-state index contributed by atoms with van der Waals surface area (Å²) in [5, 5.41) is 3.33. The average molecular weight is 265 g/mol. The lowest BCUT2D eigenvalue weighted by Gasteiger charge is -2.46. The molecule has 1 atom stereocenters. The maximum absolute atomic E-state index is 5.01. The van der Waals surface area contributed by atoms with E-state index in [4.69, 9.17) is 4.74 Å². The molecule has 3 aliphatic rings. The molecular formula is C13H23N5O. The van der Waals surface area contributed by atoms with Crippen molar-refractivity contribution < 1.29 is 4.74 Å². The third-order valence-electron chi connectivity index (χ3n) is 4.04. The van der Waals surface area contributed by atoms with Crippen LogP contribution in [0.4, 0.5) is 0 Å². The van der Waals surface area contributed by atoms with Crippen LogP contribution in [0.3, 0.4) is 0 Å². The number of aromatic amines is 1. The first-order valence-electron chi connectivity index (χ1n) is 7.06. The molecule has 0 saturated carbocycles. The average Bonchev–Trinajstić information content (AvgIpc) is 2.94. The molecule has 0 spiro atoms. The van der Waals surface area contributed by atoms with E-state index in [2.05, 4.69) is 25.1 Å². The van der Waals surface area contributed by atoms with Gasteiger partial charge in [-0.25, -0.2) is 4.98 Å². The molecule has 6 heteroatoms. The fraction of sp³-hybridized carbons (Fsp3) is 0.769. The van der Waals surface area contributed by atoms with Crippen molar-refractivity contribution in [1.82, 2.24) is 25.1 Å². The maximum Gasteiger partial charge on any atom is 0.125 e. The highest BCUT2D eigenvalue weighted by Crippen LogP contribution is 2.26. The summed E-state index contributed by atoms with van der Waals surface area (Å²) in [6.45, 7) is 8.32. The van der Waals surface area contributed by atoms with E-state index >= 15 is 0 Å². The number of aromatic nitrogens is 2. The first kappa shape index (κ1) is 13.1. The van der Waals surface area contributed by atoms with Gasteiger partial charge in [-0.3, -0.25) is 9.80 Å². The molecule has 3 aliphatic heterocycles. The van der Waals surface area contributed by atoms with E-state index in [1.807, 2.05) is 6.20 Å². The highest BCUT2D eigenvalue weighted by Gasteiger charge is 2.34. The summed E-state index contributed by atoms with van der Waals surface area (Å²) < 4.78 is 5.01. The van der Waals surface area contributed by atoms with Gasteiger partial charge < -0.3 is 15.0 Å². The van der Waals surface area contributed by atoms with Crippen LogP contribution in [0, 0.1) is 0 Å². The highest BCUT2D eigenvalue weighted by atomic mass is 16.5. The number of methoxy groups -OCH3 is 1. The Balaban J connectivity index is 1.55. The predicted octanol–water partition coefficient (Wildman–Crippen LogP) is -0.182. The molecule has 0 aromatic carbocycles. The molecule has 2 N–H and O–H groups in total. The summed E-state index contributed by atoms with van der Waals surface area (Å²) in [4.78, 5) is 13.1. The van der Waals surface area contributed by atoms with Gasteiger partial charge in [-0.2, -0.15) is 0 Å². The molecular weight excluding hydrogens is 242 g/mol. The number of hydrogen-bond donors (Lipinski definition) is 2. The van der Waals surface area contributed by atoms with E-state index in [-0.39, 0.29) is 0 Å². The molecule has 1 aromatic heterocycles. The number of rotatable bonds is 6. The van der Waals surface area contributed by atoms with Gasteiger partial charge >= 0.3 is 0 Å². The van der Waals surface area contributed by atoms with E-state index in [1.54, 1.807) is 7.11 Å². The van der Waals surface area contributed by atoms with Gasteiger partial charge in [-0.15, -0.1) is 0 Å². The Bertz CT molecular complexity index is 399. The summed E-state index contributed by atoms with van der Waals surface area (Å²) in [5.41, 5.74) is 1.16. The zero-order valence-corrected chi connectivity index (χ0v) is 11.6. The Kier molecular flexibility index (Phi) is 4.12. The molecule has 4 rings (SSSR count). The van der Waals surface area contributed by atoms with Crippen LogP contribution in [0.2, 0.25) is 0 Å². The molecule has 4 heterocycles. The first-order chi connectivity index (χ1) is 9.36. The fourth-order valence-corrected chi connectivity index (χ4v) is 2.91. The van der Waals surface area contributed by atoms with Crippen LogP contribution in [0.5, 0.6) is 0 Å². The Morgan fingerprint density at radius 1 is 1.42 bits per heavy atom. The van der Waals surface area contributed by atoms with Crippen molar-refractivity contribution >= 4 is 0 Å². The van der Waals surface area contributed by atoms with E-state index in [0.29, 0.717) is 6.04 Å². The van der Waals surface area contributed by atoms with Crippen LogP contribution in [0.25, 0.3) is 0 Å². The summed E-state index contributed by atoms with van der Waals surface area (Å²) >= 11 is 0. The smallest absolute Gasteiger partial charge is 0.125 e. The van der Waals surface area contributed by atoms with Gasteiger partial charge in [0.2, 0.25) is 0 Å². The number of nitrogens with one attached hydrogen (secondary N) is 2. The van der Waals surface area contributed by atoms with E-state index in [0.717, 1.165) is 37.8 Å². The van der Waals surface area contributed by atoms with Crippen molar-refractivity contribution in [2.24, 2.45) is 0 Å². The van der Waals surface area contributed by atoms with Crippen LogP contribution in [-0.2, 0) is 11.3 Å². The largest absolute Gasteiger partial charge is 0.383 e. The van der Waals surface area contributed by atoms with Crippen molar-refractivity contribution in [2.45, 2.75) is 12.6 Å². The number of H-pyrrole nitrogens is 1. The molecule has 1 unspecified atom stereocenters. The molecule has 3 fully saturated rings. The number of piperazine rings is 3. The topological polar surface area (TPSA) is 56.4 Å². The minimum absolute atomic E-state index is 0.454. The summed E-state index contributed by atoms with van der Waals surface area (Å²) in [6.07, 6.45) is 1.95. The van der Waals surface area contributed by atoms with Crippen LogP contribution < -0.4 is 5.32 Å². The minimum Gasteiger partial charge on any atom is -0.383 e. The third kappa shape index (κ3) is 2.97. The Labute approximate surface area is 114 Å². The van der Waals surface area contributed by atoms with Gasteiger partial charge in [-0.05, 0) is 0 Å². The van der Waals surface area contributed by atoms with Gasteiger partial charge in [0.25, 0.3) is 0 Å². The molecule has 3 saturated heterocycles. The first-order valence-corrected chi connectivity index (χ1v) is 7.06. The van der Waals surface area contributed by atoms with Gasteiger partial charge in [0.15, 0.2) is 0 Å². The summed E-state index contributed by atoms with van der Waals surface area (Å²) in [7, 11) is 1.72. The van der Waals surface area contributed by atoms with Gasteiger partial charge in [0.05, 0.1) is 12.6 Å². The van der Waals surface area contributed by atoms with Crippen molar-refractivity contribution in [3.05, 3.63) is 17.7 Å². The Morgan fingerprint density at radius 3 is 2.95 bits per heavy atom. The lowest BCUT2D eigenvalue weighted by atomic mass is 10.1. The highest BCUT2D eigenvalue weighted by molar-refractivity contribution is 5.08. The van der Waals surface area contributed by atoms with Crippen molar-refractivity contribution in [1.29, 1.82) is 0 Å². The van der Waals surface area contributed by atoms with Gasteiger partial charge in [-0.1, -0.05) is 0 Å². The monoisotopic (exact) mass is 265 g/mol. The van der Waals surface area contributed by atoms with E-state index in [9.17, 15) is 0 Å². The Morgan fingerprint density at radius 2 is 2.26 bits per heavy atom. The van der Waals surface area contributed by atoms with Crippen molar-refractivity contribution in [3.63, 3.8) is 0 Å². The predicted molar refractivity (Wildman–Crippen MR) is 72.9 cm³/mol. The summed E-state index contributed by atoms with van der Waals surface area (Å²) in [6, 6.07) is 0.454. The van der Waals surface area contributed by atoms with E-state index < -0.39 is 0 Å². The van der Waals surface area contributed by atoms with Crippen LogP contribution >= 0.6 is 0 Å². The fourth-order valence-electron chi connectivity index (χ4n) is 2.91. The number of ether oxygens (including phenoxy) is 1. The summed E-state index contributed by atoms with van der Waals surface area (Å²) in [5.74, 6) is 1.12. The van der Waals surface area contributed by atoms with E-state index in [1.165, 1.54) is 26.2 Å². The lowest BCUT2D eigenvalue weighted by molar-refractivity contribution is 0.00895. The van der Waals surface area contributed by atoms with Crippen molar-refractivity contribution in [2.75, 3.05) is 53.0 Å². The molecule has 0 aliphatic carbocycles. The number of fused-ring (bicyclic) bond motifs is 3. The third-order valence-corrected chi connectivity index (χ3v) is 4.04. The molecule has 0 radical (unpaired) electrons.